The summed E-state index contributed by atoms with van der Waals surface area (Å²) in [5, 5.41) is 0.288. The molecule has 0 saturated heterocycles. The van der Waals surface area contributed by atoms with E-state index < -0.39 is 17.5 Å². The van der Waals surface area contributed by atoms with Crippen LogP contribution in [0.2, 0.25) is 5.02 Å². The maximum atomic E-state index is 13.5. The molecule has 0 spiro atoms. The van der Waals surface area contributed by atoms with Gasteiger partial charge in [0.15, 0.2) is 0 Å². The van der Waals surface area contributed by atoms with Crippen molar-refractivity contribution in [2.75, 3.05) is 6.54 Å². The van der Waals surface area contributed by atoms with Gasteiger partial charge in [0.25, 0.3) is 0 Å². The van der Waals surface area contributed by atoms with E-state index in [1.54, 1.807) is 4.90 Å². The molecule has 1 aromatic rings. The van der Waals surface area contributed by atoms with Crippen molar-refractivity contribution >= 4 is 17.7 Å². The molecule has 116 valence electrons. The maximum absolute atomic E-state index is 13.5. The van der Waals surface area contributed by atoms with E-state index in [1.165, 1.54) is 12.1 Å². The Bertz CT molecular complexity index is 557. The number of hydrogen-bond acceptors (Lipinski definition) is 3. The average Bonchev–Trinajstić information content (AvgIpc) is 2.48. The number of halogens is 2. The highest BCUT2D eigenvalue weighted by Gasteiger charge is 2.28. The molecule has 0 aromatic heterocycles. The molecule has 1 aliphatic rings. The second kappa shape index (κ2) is 5.81. The SMILES string of the molecule is CC(C)(C)OC(=O)N1CCC(N)c2cc(F)cc(Cl)c2C1. The molecule has 1 atom stereocenters. The Balaban J connectivity index is 2.29. The van der Waals surface area contributed by atoms with Crippen LogP contribution in [0.5, 0.6) is 0 Å². The molecule has 21 heavy (non-hydrogen) atoms. The second-order valence-corrected chi connectivity index (χ2v) is 6.66. The molecular weight excluding hydrogens is 295 g/mol. The van der Waals surface area contributed by atoms with E-state index in [2.05, 4.69) is 0 Å². The molecule has 1 unspecified atom stereocenters. The molecule has 0 radical (unpaired) electrons. The summed E-state index contributed by atoms with van der Waals surface area (Å²) in [6.45, 7) is 6.15. The van der Waals surface area contributed by atoms with Crippen LogP contribution < -0.4 is 5.73 Å². The smallest absolute Gasteiger partial charge is 0.410 e. The lowest BCUT2D eigenvalue weighted by Crippen LogP contribution is -2.36. The fourth-order valence-corrected chi connectivity index (χ4v) is 2.60. The number of amides is 1. The highest BCUT2D eigenvalue weighted by molar-refractivity contribution is 6.31. The quantitative estimate of drug-likeness (QED) is 0.795. The molecule has 1 heterocycles. The second-order valence-electron chi connectivity index (χ2n) is 6.25. The van der Waals surface area contributed by atoms with Crippen molar-refractivity contribution < 1.29 is 13.9 Å². The molecule has 0 saturated carbocycles. The summed E-state index contributed by atoms with van der Waals surface area (Å²) in [6, 6.07) is 2.29. The van der Waals surface area contributed by atoms with Crippen LogP contribution in [-0.2, 0) is 11.3 Å². The predicted molar refractivity (Wildman–Crippen MR) is 79.6 cm³/mol. The van der Waals surface area contributed by atoms with E-state index in [1.807, 2.05) is 20.8 Å². The molecule has 2 rings (SSSR count). The standard InChI is InChI=1S/C15H20ClFN2O2/c1-15(2,3)21-14(20)19-5-4-13(18)10-6-9(17)7-12(16)11(10)8-19/h6-7,13H,4-5,8,18H2,1-3H3. The number of carbonyl (C=O) groups is 1. The summed E-state index contributed by atoms with van der Waals surface area (Å²) >= 11 is 6.11. The van der Waals surface area contributed by atoms with Gasteiger partial charge in [0.2, 0.25) is 0 Å². The number of hydrogen-bond donors (Lipinski definition) is 1. The fourth-order valence-electron chi connectivity index (χ4n) is 2.32. The third-order valence-electron chi connectivity index (χ3n) is 3.30. The molecule has 2 N–H and O–H groups in total. The highest BCUT2D eigenvalue weighted by Crippen LogP contribution is 2.31. The minimum absolute atomic E-state index is 0.275. The predicted octanol–water partition coefficient (Wildman–Crippen LogP) is 3.62. The van der Waals surface area contributed by atoms with Crippen molar-refractivity contribution in [3.63, 3.8) is 0 Å². The Hall–Kier alpha value is -1.33. The van der Waals surface area contributed by atoms with E-state index in [0.717, 1.165) is 0 Å². The van der Waals surface area contributed by atoms with Crippen LogP contribution in [0.25, 0.3) is 0 Å². The Morgan fingerprint density at radius 2 is 2.14 bits per heavy atom. The Kier molecular flexibility index (Phi) is 4.44. The minimum atomic E-state index is -0.569. The van der Waals surface area contributed by atoms with Gasteiger partial charge < -0.3 is 15.4 Å². The van der Waals surface area contributed by atoms with Crippen molar-refractivity contribution in [1.82, 2.24) is 4.90 Å². The summed E-state index contributed by atoms with van der Waals surface area (Å²) in [5.41, 5.74) is 6.85. The maximum Gasteiger partial charge on any atom is 0.410 e. The van der Waals surface area contributed by atoms with Crippen LogP contribution in [0, 0.1) is 5.82 Å². The number of fused-ring (bicyclic) bond motifs is 1. The fraction of sp³-hybridized carbons (Fsp3) is 0.533. The van der Waals surface area contributed by atoms with Gasteiger partial charge in [-0.05, 0) is 50.5 Å². The van der Waals surface area contributed by atoms with Crippen LogP contribution in [0.1, 0.15) is 44.4 Å². The Labute approximate surface area is 129 Å². The summed E-state index contributed by atoms with van der Waals surface area (Å²) < 4.78 is 18.9. The summed E-state index contributed by atoms with van der Waals surface area (Å²) in [7, 11) is 0. The van der Waals surface area contributed by atoms with Crippen LogP contribution in [0.15, 0.2) is 12.1 Å². The Morgan fingerprint density at radius 1 is 1.48 bits per heavy atom. The molecule has 1 aromatic carbocycles. The normalized spacial score (nSPS) is 19.0. The molecule has 0 fully saturated rings. The van der Waals surface area contributed by atoms with Crippen LogP contribution in [-0.4, -0.2) is 23.1 Å². The third kappa shape index (κ3) is 3.86. The van der Waals surface area contributed by atoms with E-state index in [4.69, 9.17) is 22.1 Å². The van der Waals surface area contributed by atoms with Crippen LogP contribution >= 0.6 is 11.6 Å². The summed E-state index contributed by atoms with van der Waals surface area (Å²) in [6.07, 6.45) is 0.120. The average molecular weight is 315 g/mol. The largest absolute Gasteiger partial charge is 0.444 e. The molecule has 0 bridgehead atoms. The lowest BCUT2D eigenvalue weighted by molar-refractivity contribution is 0.0235. The summed E-state index contributed by atoms with van der Waals surface area (Å²) in [5.74, 6) is -0.417. The van der Waals surface area contributed by atoms with Crippen molar-refractivity contribution in [1.29, 1.82) is 0 Å². The zero-order valence-corrected chi connectivity index (χ0v) is 13.2. The van der Waals surface area contributed by atoms with Gasteiger partial charge in [0.05, 0.1) is 6.54 Å². The number of rotatable bonds is 0. The number of benzene rings is 1. The lowest BCUT2D eigenvalue weighted by atomic mass is 10.00. The van der Waals surface area contributed by atoms with Crippen LogP contribution in [0.3, 0.4) is 0 Å². The molecular formula is C15H20ClFN2O2. The number of nitrogens with two attached hydrogens (primary N) is 1. The van der Waals surface area contributed by atoms with Gasteiger partial charge in [0, 0.05) is 17.6 Å². The van der Waals surface area contributed by atoms with E-state index in [-0.39, 0.29) is 17.6 Å². The van der Waals surface area contributed by atoms with Crippen molar-refractivity contribution in [2.24, 2.45) is 5.73 Å². The lowest BCUT2D eigenvalue weighted by Gasteiger charge is -2.26. The van der Waals surface area contributed by atoms with Gasteiger partial charge in [0.1, 0.15) is 11.4 Å². The first-order valence-electron chi connectivity index (χ1n) is 6.88. The zero-order valence-electron chi connectivity index (χ0n) is 12.5. The number of ether oxygens (including phenoxy) is 1. The monoisotopic (exact) mass is 314 g/mol. The molecule has 1 amide bonds. The van der Waals surface area contributed by atoms with Gasteiger partial charge in [-0.3, -0.25) is 0 Å². The van der Waals surface area contributed by atoms with E-state index in [9.17, 15) is 9.18 Å². The van der Waals surface area contributed by atoms with Crippen molar-refractivity contribution in [3.8, 4) is 0 Å². The first-order chi connectivity index (χ1) is 9.67. The van der Waals surface area contributed by atoms with Gasteiger partial charge in [-0.1, -0.05) is 11.6 Å². The van der Waals surface area contributed by atoms with Gasteiger partial charge >= 0.3 is 6.09 Å². The minimum Gasteiger partial charge on any atom is -0.444 e. The first-order valence-corrected chi connectivity index (χ1v) is 7.26. The Morgan fingerprint density at radius 3 is 2.76 bits per heavy atom. The molecule has 1 aliphatic heterocycles. The van der Waals surface area contributed by atoms with Gasteiger partial charge in [-0.25, -0.2) is 9.18 Å². The molecule has 0 aliphatic carbocycles. The summed E-state index contributed by atoms with van der Waals surface area (Å²) in [4.78, 5) is 13.8. The molecule has 6 heteroatoms. The van der Waals surface area contributed by atoms with Crippen molar-refractivity contribution in [3.05, 3.63) is 34.1 Å². The zero-order chi connectivity index (χ0) is 15.8. The topological polar surface area (TPSA) is 55.6 Å². The van der Waals surface area contributed by atoms with Gasteiger partial charge in [-0.2, -0.15) is 0 Å². The first kappa shape index (κ1) is 16.0. The number of carbonyl (C=O) groups excluding carboxylic acids is 1. The number of nitrogens with zero attached hydrogens (tertiary/aromatic N) is 1. The third-order valence-corrected chi connectivity index (χ3v) is 3.64. The van der Waals surface area contributed by atoms with Crippen LogP contribution in [0.4, 0.5) is 9.18 Å². The van der Waals surface area contributed by atoms with Crippen molar-refractivity contribution in [2.45, 2.75) is 45.4 Å². The highest BCUT2D eigenvalue weighted by atomic mass is 35.5. The van der Waals surface area contributed by atoms with E-state index in [0.29, 0.717) is 24.1 Å². The van der Waals surface area contributed by atoms with E-state index >= 15 is 0 Å². The molecule has 4 nitrogen and oxygen atoms in total. The van der Waals surface area contributed by atoms with Gasteiger partial charge in [-0.15, -0.1) is 0 Å².